The molecule has 0 saturated heterocycles. The number of rotatable bonds is 3. The molecule has 0 aromatic heterocycles. The number of likely N-dealkylation sites (N-methyl/N-ethyl adjacent to an activating group) is 1. The minimum Gasteiger partial charge on any atom is -0.480 e. The number of hydrogen-bond acceptors (Lipinski definition) is 2. The molecule has 0 aliphatic heterocycles. The quantitative estimate of drug-likeness (QED) is 0.933. The fourth-order valence-electron chi connectivity index (χ4n) is 1.36. The Morgan fingerprint density at radius 2 is 2.06 bits per heavy atom. The van der Waals surface area contributed by atoms with Crippen LogP contribution in [0.1, 0.15) is 5.56 Å². The number of nitrogens with zero attached hydrogens (tertiary/aromatic N) is 1. The minimum absolute atomic E-state index is 0.164. The smallest absolute Gasteiger partial charge is 0.418 e. The summed E-state index contributed by atoms with van der Waals surface area (Å²) in [5.74, 6) is -1.19. The molecule has 94 valence electrons. The Bertz CT molecular complexity index is 434. The van der Waals surface area contributed by atoms with Crippen LogP contribution in [0.3, 0.4) is 0 Å². The lowest BCUT2D eigenvalue weighted by Gasteiger charge is -2.22. The molecule has 0 spiro atoms. The number of carboxylic acids is 1. The molecule has 1 aromatic rings. The summed E-state index contributed by atoms with van der Waals surface area (Å²) in [5, 5.41) is 8.56. The summed E-state index contributed by atoms with van der Waals surface area (Å²) in [7, 11) is 1.30. The van der Waals surface area contributed by atoms with Gasteiger partial charge in [0.25, 0.3) is 0 Å². The predicted molar refractivity (Wildman–Crippen MR) is 60.0 cm³/mol. The summed E-state index contributed by atoms with van der Waals surface area (Å²) >= 11 is 2.95. The van der Waals surface area contributed by atoms with Crippen molar-refractivity contribution in [3.63, 3.8) is 0 Å². The molecular weight excluding hydrogens is 303 g/mol. The number of carboxylic acid groups (broad SMARTS) is 1. The summed E-state index contributed by atoms with van der Waals surface area (Å²) in [4.78, 5) is 11.5. The molecule has 1 aromatic carbocycles. The number of hydrogen-bond donors (Lipinski definition) is 1. The lowest BCUT2D eigenvalue weighted by atomic mass is 10.1. The summed E-state index contributed by atoms with van der Waals surface area (Å²) in [6.45, 7) is -0.495. The lowest BCUT2D eigenvalue weighted by Crippen LogP contribution is -2.27. The van der Waals surface area contributed by atoms with Crippen molar-refractivity contribution in [2.75, 3.05) is 18.5 Å². The zero-order valence-corrected chi connectivity index (χ0v) is 10.3. The first-order valence-corrected chi connectivity index (χ1v) is 5.31. The van der Waals surface area contributed by atoms with Crippen LogP contribution in [0.5, 0.6) is 0 Å². The van der Waals surface area contributed by atoms with Crippen molar-refractivity contribution in [2.24, 2.45) is 0 Å². The van der Waals surface area contributed by atoms with E-state index in [-0.39, 0.29) is 10.2 Å². The normalized spacial score (nSPS) is 11.4. The molecule has 0 amide bonds. The Kier molecular flexibility index (Phi) is 4.03. The third-order valence-electron chi connectivity index (χ3n) is 2.05. The fraction of sp³-hybridized carbons (Fsp3) is 0.300. The second-order valence-corrected chi connectivity index (χ2v) is 4.32. The fourth-order valence-corrected chi connectivity index (χ4v) is 1.72. The molecule has 1 rings (SSSR count). The van der Waals surface area contributed by atoms with Gasteiger partial charge in [-0.05, 0) is 18.2 Å². The third kappa shape index (κ3) is 3.62. The summed E-state index contributed by atoms with van der Waals surface area (Å²) in [6.07, 6.45) is -4.52. The second kappa shape index (κ2) is 4.95. The average Bonchev–Trinajstić information content (AvgIpc) is 2.14. The summed E-state index contributed by atoms with van der Waals surface area (Å²) < 4.78 is 38.5. The molecule has 0 atom stereocenters. The van der Waals surface area contributed by atoms with Crippen molar-refractivity contribution in [3.05, 3.63) is 28.2 Å². The summed E-state index contributed by atoms with van der Waals surface area (Å²) in [6, 6.07) is 3.59. The number of aliphatic carboxylic acids is 1. The molecule has 7 heteroatoms. The Labute approximate surface area is 104 Å². The molecule has 0 aliphatic carbocycles. The van der Waals surface area contributed by atoms with Crippen LogP contribution in [0, 0.1) is 0 Å². The highest BCUT2D eigenvalue weighted by Crippen LogP contribution is 2.37. The Hall–Kier alpha value is -1.24. The van der Waals surface area contributed by atoms with E-state index in [4.69, 9.17) is 5.11 Å². The highest BCUT2D eigenvalue weighted by Gasteiger charge is 2.34. The van der Waals surface area contributed by atoms with Crippen LogP contribution in [0.4, 0.5) is 18.9 Å². The molecule has 3 nitrogen and oxygen atoms in total. The van der Waals surface area contributed by atoms with E-state index in [0.717, 1.165) is 11.0 Å². The SMILES string of the molecule is CN(CC(=O)O)c1ccc(Br)cc1C(F)(F)F. The van der Waals surface area contributed by atoms with E-state index in [1.165, 1.54) is 19.2 Å². The van der Waals surface area contributed by atoms with Crippen LogP contribution in [0.25, 0.3) is 0 Å². The molecule has 0 saturated carbocycles. The average molecular weight is 312 g/mol. The molecule has 0 bridgehead atoms. The number of halogens is 4. The van der Waals surface area contributed by atoms with Gasteiger partial charge in [-0.3, -0.25) is 4.79 Å². The van der Waals surface area contributed by atoms with Crippen molar-refractivity contribution < 1.29 is 23.1 Å². The van der Waals surface area contributed by atoms with Gasteiger partial charge in [0.05, 0.1) is 5.56 Å². The van der Waals surface area contributed by atoms with Gasteiger partial charge in [0.15, 0.2) is 0 Å². The van der Waals surface area contributed by atoms with Gasteiger partial charge in [-0.15, -0.1) is 0 Å². The van der Waals surface area contributed by atoms with Crippen LogP contribution < -0.4 is 4.90 Å². The Morgan fingerprint density at radius 3 is 2.53 bits per heavy atom. The Morgan fingerprint density at radius 1 is 1.47 bits per heavy atom. The van der Waals surface area contributed by atoms with Gasteiger partial charge < -0.3 is 10.0 Å². The topological polar surface area (TPSA) is 40.5 Å². The van der Waals surface area contributed by atoms with E-state index in [9.17, 15) is 18.0 Å². The summed E-state index contributed by atoms with van der Waals surface area (Å²) in [5.41, 5.74) is -1.03. The van der Waals surface area contributed by atoms with Gasteiger partial charge in [-0.1, -0.05) is 15.9 Å². The van der Waals surface area contributed by atoms with Crippen LogP contribution in [-0.4, -0.2) is 24.7 Å². The molecule has 0 fully saturated rings. The predicted octanol–water partition coefficient (Wildman–Crippen LogP) is 2.99. The zero-order valence-electron chi connectivity index (χ0n) is 8.75. The van der Waals surface area contributed by atoms with Crippen molar-refractivity contribution >= 4 is 27.6 Å². The molecule has 0 heterocycles. The van der Waals surface area contributed by atoms with Gasteiger partial charge in [-0.25, -0.2) is 0 Å². The third-order valence-corrected chi connectivity index (χ3v) is 2.54. The Balaban J connectivity index is 3.19. The van der Waals surface area contributed by atoms with Crippen molar-refractivity contribution in [1.82, 2.24) is 0 Å². The van der Waals surface area contributed by atoms with E-state index < -0.39 is 24.3 Å². The van der Waals surface area contributed by atoms with Gasteiger partial charge in [-0.2, -0.15) is 13.2 Å². The first kappa shape index (κ1) is 13.8. The lowest BCUT2D eigenvalue weighted by molar-refractivity contribution is -0.138. The van der Waals surface area contributed by atoms with Gasteiger partial charge in [0.1, 0.15) is 6.54 Å². The van der Waals surface area contributed by atoms with E-state index in [2.05, 4.69) is 15.9 Å². The monoisotopic (exact) mass is 311 g/mol. The molecule has 17 heavy (non-hydrogen) atoms. The maximum atomic E-state index is 12.7. The zero-order chi connectivity index (χ0) is 13.2. The van der Waals surface area contributed by atoms with Crippen molar-refractivity contribution in [2.45, 2.75) is 6.18 Å². The maximum absolute atomic E-state index is 12.7. The molecule has 0 unspecified atom stereocenters. The maximum Gasteiger partial charge on any atom is 0.418 e. The van der Waals surface area contributed by atoms with Gasteiger partial charge in [0.2, 0.25) is 0 Å². The highest BCUT2D eigenvalue weighted by atomic mass is 79.9. The van der Waals surface area contributed by atoms with E-state index in [1.54, 1.807) is 0 Å². The standard InChI is InChI=1S/C10H9BrF3NO2/c1-15(5-9(16)17)8-3-2-6(11)4-7(8)10(12,13)14/h2-4H,5H2,1H3,(H,16,17). The number of alkyl halides is 3. The van der Waals surface area contributed by atoms with Crippen LogP contribution in [-0.2, 0) is 11.0 Å². The molecule has 0 radical (unpaired) electrons. The molecular formula is C10H9BrF3NO2. The van der Waals surface area contributed by atoms with E-state index in [0.29, 0.717) is 0 Å². The van der Waals surface area contributed by atoms with Crippen LogP contribution in [0.2, 0.25) is 0 Å². The number of benzene rings is 1. The van der Waals surface area contributed by atoms with Crippen LogP contribution >= 0.6 is 15.9 Å². The van der Waals surface area contributed by atoms with E-state index in [1.807, 2.05) is 0 Å². The van der Waals surface area contributed by atoms with Crippen molar-refractivity contribution in [1.29, 1.82) is 0 Å². The van der Waals surface area contributed by atoms with Crippen LogP contribution in [0.15, 0.2) is 22.7 Å². The van der Waals surface area contributed by atoms with E-state index >= 15 is 0 Å². The largest absolute Gasteiger partial charge is 0.480 e. The van der Waals surface area contributed by atoms with Gasteiger partial charge >= 0.3 is 12.1 Å². The first-order valence-electron chi connectivity index (χ1n) is 4.51. The number of anilines is 1. The first-order chi connectivity index (χ1) is 7.71. The highest BCUT2D eigenvalue weighted by molar-refractivity contribution is 9.10. The minimum atomic E-state index is -4.52. The molecule has 1 N–H and O–H groups in total. The second-order valence-electron chi connectivity index (χ2n) is 3.41. The van der Waals surface area contributed by atoms with Gasteiger partial charge in [0, 0.05) is 17.2 Å². The van der Waals surface area contributed by atoms with Crippen molar-refractivity contribution in [3.8, 4) is 0 Å². The molecule has 0 aliphatic rings. The number of carbonyl (C=O) groups is 1.